The van der Waals surface area contributed by atoms with Gasteiger partial charge in [0, 0.05) is 17.5 Å². The lowest BCUT2D eigenvalue weighted by Crippen LogP contribution is -2.26. The molecule has 0 radical (unpaired) electrons. The maximum absolute atomic E-state index is 10.4. The Morgan fingerprint density at radius 2 is 2.53 bits per heavy atom. The highest BCUT2D eigenvalue weighted by Crippen LogP contribution is 2.39. The summed E-state index contributed by atoms with van der Waals surface area (Å²) in [6.45, 7) is 1.19. The standard InChI is InChI=1S/C11H15ClN2O2S/c12-10-5-7-8(1-2-9(7)17-10)14-3-4-16-6-11(13)15/h5,8,14H,1-4,6H2,(H2,13,15). The second-order valence-corrected chi connectivity index (χ2v) is 5.76. The Bertz CT molecular complexity index is 408. The molecule has 0 aliphatic heterocycles. The van der Waals surface area contributed by atoms with E-state index >= 15 is 0 Å². The fraction of sp³-hybridized carbons (Fsp3) is 0.545. The highest BCUT2D eigenvalue weighted by atomic mass is 35.5. The molecule has 0 saturated heterocycles. The van der Waals surface area contributed by atoms with Crippen LogP contribution in [-0.2, 0) is 16.0 Å². The van der Waals surface area contributed by atoms with Gasteiger partial charge in [-0.2, -0.15) is 0 Å². The summed E-state index contributed by atoms with van der Waals surface area (Å²) in [5.74, 6) is -0.433. The first-order valence-corrected chi connectivity index (χ1v) is 6.74. The van der Waals surface area contributed by atoms with Crippen LogP contribution in [0.15, 0.2) is 6.07 Å². The minimum Gasteiger partial charge on any atom is -0.370 e. The van der Waals surface area contributed by atoms with E-state index in [0.717, 1.165) is 17.2 Å². The van der Waals surface area contributed by atoms with E-state index in [1.54, 1.807) is 11.3 Å². The summed E-state index contributed by atoms with van der Waals surface area (Å²) in [6.07, 6.45) is 2.20. The van der Waals surface area contributed by atoms with Crippen molar-refractivity contribution >= 4 is 28.8 Å². The lowest BCUT2D eigenvalue weighted by atomic mass is 10.2. The van der Waals surface area contributed by atoms with Gasteiger partial charge in [0.1, 0.15) is 6.61 Å². The van der Waals surface area contributed by atoms with E-state index in [1.807, 2.05) is 6.07 Å². The molecule has 17 heavy (non-hydrogen) atoms. The molecular weight excluding hydrogens is 260 g/mol. The molecule has 2 rings (SSSR count). The molecule has 0 spiro atoms. The Kier molecular flexibility index (Phi) is 4.39. The molecular formula is C11H15ClN2O2S. The minimum atomic E-state index is -0.433. The van der Waals surface area contributed by atoms with Crippen molar-refractivity contribution in [1.82, 2.24) is 5.32 Å². The van der Waals surface area contributed by atoms with Crippen LogP contribution in [0.2, 0.25) is 4.34 Å². The highest BCUT2D eigenvalue weighted by molar-refractivity contribution is 7.16. The molecule has 1 aliphatic carbocycles. The summed E-state index contributed by atoms with van der Waals surface area (Å²) in [5, 5.41) is 3.40. The molecule has 0 aromatic carbocycles. The number of thiophene rings is 1. The first kappa shape index (κ1) is 12.8. The number of hydrogen-bond donors (Lipinski definition) is 2. The third kappa shape index (κ3) is 3.42. The van der Waals surface area contributed by atoms with Crippen LogP contribution in [0.25, 0.3) is 0 Å². The number of hydrogen-bond acceptors (Lipinski definition) is 4. The van der Waals surface area contributed by atoms with Crippen molar-refractivity contribution in [2.24, 2.45) is 5.73 Å². The predicted octanol–water partition coefficient (Wildman–Crippen LogP) is 1.48. The second-order valence-electron chi connectivity index (χ2n) is 3.99. The zero-order valence-corrected chi connectivity index (χ0v) is 10.9. The topological polar surface area (TPSA) is 64.4 Å². The van der Waals surface area contributed by atoms with Crippen LogP contribution in [-0.4, -0.2) is 25.7 Å². The van der Waals surface area contributed by atoms with E-state index in [4.69, 9.17) is 22.1 Å². The average molecular weight is 275 g/mol. The second kappa shape index (κ2) is 5.82. The van der Waals surface area contributed by atoms with Gasteiger partial charge in [-0.1, -0.05) is 11.6 Å². The van der Waals surface area contributed by atoms with Crippen LogP contribution in [0.3, 0.4) is 0 Å². The first-order valence-electron chi connectivity index (χ1n) is 5.54. The monoisotopic (exact) mass is 274 g/mol. The van der Waals surface area contributed by atoms with E-state index in [-0.39, 0.29) is 6.61 Å². The number of aryl methyl sites for hydroxylation is 1. The summed E-state index contributed by atoms with van der Waals surface area (Å²) >= 11 is 7.64. The number of carbonyl (C=O) groups excluding carboxylic acids is 1. The summed E-state index contributed by atoms with van der Waals surface area (Å²) in [6, 6.07) is 2.40. The molecule has 1 amide bonds. The Morgan fingerprint density at radius 3 is 3.29 bits per heavy atom. The van der Waals surface area contributed by atoms with E-state index in [9.17, 15) is 4.79 Å². The number of amides is 1. The van der Waals surface area contributed by atoms with Crippen molar-refractivity contribution in [3.8, 4) is 0 Å². The van der Waals surface area contributed by atoms with Crippen LogP contribution >= 0.6 is 22.9 Å². The lowest BCUT2D eigenvalue weighted by Gasteiger charge is -2.12. The van der Waals surface area contributed by atoms with Gasteiger partial charge in [0.05, 0.1) is 10.9 Å². The van der Waals surface area contributed by atoms with Gasteiger partial charge in [0.2, 0.25) is 5.91 Å². The molecule has 3 N–H and O–H groups in total. The number of carbonyl (C=O) groups is 1. The van der Waals surface area contributed by atoms with Crippen molar-refractivity contribution in [1.29, 1.82) is 0 Å². The number of nitrogens with two attached hydrogens (primary N) is 1. The molecule has 0 fully saturated rings. The minimum absolute atomic E-state index is 0.0120. The Morgan fingerprint density at radius 1 is 1.71 bits per heavy atom. The van der Waals surface area contributed by atoms with Gasteiger partial charge in [-0.05, 0) is 24.5 Å². The maximum Gasteiger partial charge on any atom is 0.243 e. The van der Waals surface area contributed by atoms with Gasteiger partial charge in [-0.3, -0.25) is 4.79 Å². The fourth-order valence-electron chi connectivity index (χ4n) is 2.02. The molecule has 1 unspecified atom stereocenters. The largest absolute Gasteiger partial charge is 0.370 e. The molecule has 1 heterocycles. The Labute approximate surface area is 109 Å². The molecule has 1 aromatic rings. The number of fused-ring (bicyclic) bond motifs is 1. The lowest BCUT2D eigenvalue weighted by molar-refractivity contribution is -0.122. The third-order valence-electron chi connectivity index (χ3n) is 2.73. The quantitative estimate of drug-likeness (QED) is 0.773. The predicted molar refractivity (Wildman–Crippen MR) is 68.4 cm³/mol. The van der Waals surface area contributed by atoms with E-state index in [2.05, 4.69) is 5.32 Å². The van der Waals surface area contributed by atoms with Crippen molar-refractivity contribution in [2.75, 3.05) is 19.8 Å². The summed E-state index contributed by atoms with van der Waals surface area (Å²) in [4.78, 5) is 11.8. The zero-order valence-electron chi connectivity index (χ0n) is 9.37. The normalized spacial score (nSPS) is 18.3. The zero-order chi connectivity index (χ0) is 12.3. The first-order chi connectivity index (χ1) is 8.16. The SMILES string of the molecule is NC(=O)COCCNC1CCc2sc(Cl)cc21. The fourth-order valence-corrected chi connectivity index (χ4v) is 3.38. The van der Waals surface area contributed by atoms with E-state index in [0.29, 0.717) is 19.2 Å². The van der Waals surface area contributed by atoms with Crippen LogP contribution in [0.4, 0.5) is 0 Å². The average Bonchev–Trinajstić information content (AvgIpc) is 2.77. The number of halogens is 1. The molecule has 1 atom stereocenters. The summed E-state index contributed by atoms with van der Waals surface area (Å²) in [5.41, 5.74) is 6.28. The molecule has 0 saturated carbocycles. The van der Waals surface area contributed by atoms with Gasteiger partial charge >= 0.3 is 0 Å². The Balaban J connectivity index is 1.72. The molecule has 1 aliphatic rings. The van der Waals surface area contributed by atoms with Crippen molar-refractivity contribution < 1.29 is 9.53 Å². The van der Waals surface area contributed by atoms with Gasteiger partial charge < -0.3 is 15.8 Å². The molecule has 6 heteroatoms. The van der Waals surface area contributed by atoms with Crippen LogP contribution in [0.5, 0.6) is 0 Å². The molecule has 94 valence electrons. The van der Waals surface area contributed by atoms with Gasteiger partial charge in [0.25, 0.3) is 0 Å². The van der Waals surface area contributed by atoms with Gasteiger partial charge in [-0.25, -0.2) is 0 Å². The number of primary amides is 1. The molecule has 0 bridgehead atoms. The summed E-state index contributed by atoms with van der Waals surface area (Å²) < 4.78 is 5.94. The molecule has 1 aromatic heterocycles. The summed E-state index contributed by atoms with van der Waals surface area (Å²) in [7, 11) is 0. The van der Waals surface area contributed by atoms with Crippen molar-refractivity contribution in [3.63, 3.8) is 0 Å². The number of rotatable bonds is 6. The maximum atomic E-state index is 10.4. The molecule has 4 nitrogen and oxygen atoms in total. The smallest absolute Gasteiger partial charge is 0.243 e. The van der Waals surface area contributed by atoms with E-state index < -0.39 is 5.91 Å². The van der Waals surface area contributed by atoms with Gasteiger partial charge in [0.15, 0.2) is 0 Å². The van der Waals surface area contributed by atoms with Crippen LogP contribution in [0, 0.1) is 0 Å². The van der Waals surface area contributed by atoms with Gasteiger partial charge in [-0.15, -0.1) is 11.3 Å². The highest BCUT2D eigenvalue weighted by Gasteiger charge is 2.24. The third-order valence-corrected chi connectivity index (χ3v) is 4.07. The number of nitrogens with one attached hydrogen (secondary N) is 1. The van der Waals surface area contributed by atoms with Crippen LogP contribution in [0.1, 0.15) is 22.9 Å². The van der Waals surface area contributed by atoms with E-state index in [1.165, 1.54) is 10.4 Å². The van der Waals surface area contributed by atoms with Crippen molar-refractivity contribution in [3.05, 3.63) is 20.8 Å². The number of ether oxygens (including phenoxy) is 1. The van der Waals surface area contributed by atoms with Crippen molar-refractivity contribution in [2.45, 2.75) is 18.9 Å². The Hall–Kier alpha value is -0.620. The van der Waals surface area contributed by atoms with Crippen LogP contribution < -0.4 is 11.1 Å².